The molecule has 0 aliphatic carbocycles. The van der Waals surface area contributed by atoms with Crippen LogP contribution in [0.2, 0.25) is 0 Å². The van der Waals surface area contributed by atoms with E-state index in [9.17, 15) is 0 Å². The molecule has 2 unspecified atom stereocenters. The third kappa shape index (κ3) is 4.24. The SMILES string of the molecule is CCNC(Cc1ccc(CC)cc1)C1CSCCN1C. The van der Waals surface area contributed by atoms with Gasteiger partial charge in [0, 0.05) is 30.1 Å². The van der Waals surface area contributed by atoms with Crippen LogP contribution in [0.4, 0.5) is 0 Å². The maximum Gasteiger partial charge on any atom is 0.0340 e. The first-order chi connectivity index (χ1) is 9.74. The number of nitrogens with zero attached hydrogens (tertiary/aromatic N) is 1. The molecule has 1 aliphatic rings. The van der Waals surface area contributed by atoms with Gasteiger partial charge in [0.1, 0.15) is 0 Å². The Morgan fingerprint density at radius 1 is 1.25 bits per heavy atom. The van der Waals surface area contributed by atoms with Crippen LogP contribution in [-0.2, 0) is 12.8 Å². The van der Waals surface area contributed by atoms with E-state index in [1.165, 1.54) is 29.2 Å². The molecule has 0 bridgehead atoms. The number of aryl methyl sites for hydroxylation is 1. The molecule has 0 saturated carbocycles. The summed E-state index contributed by atoms with van der Waals surface area (Å²) >= 11 is 2.10. The minimum absolute atomic E-state index is 0.560. The molecule has 0 aromatic heterocycles. The van der Waals surface area contributed by atoms with E-state index in [1.807, 2.05) is 0 Å². The van der Waals surface area contributed by atoms with Gasteiger partial charge in [-0.05, 0) is 37.6 Å². The molecule has 2 nitrogen and oxygen atoms in total. The van der Waals surface area contributed by atoms with E-state index in [-0.39, 0.29) is 0 Å². The van der Waals surface area contributed by atoms with Crippen LogP contribution >= 0.6 is 11.8 Å². The molecular formula is C17H28N2S. The quantitative estimate of drug-likeness (QED) is 0.868. The van der Waals surface area contributed by atoms with E-state index in [0.29, 0.717) is 12.1 Å². The monoisotopic (exact) mass is 292 g/mol. The Bertz CT molecular complexity index is 390. The van der Waals surface area contributed by atoms with E-state index in [4.69, 9.17) is 0 Å². The molecule has 2 rings (SSSR count). The second-order valence-electron chi connectivity index (χ2n) is 5.66. The molecule has 1 aliphatic heterocycles. The number of thioether (sulfide) groups is 1. The maximum absolute atomic E-state index is 3.70. The summed E-state index contributed by atoms with van der Waals surface area (Å²) in [5, 5.41) is 3.70. The van der Waals surface area contributed by atoms with Crippen LogP contribution in [0.5, 0.6) is 0 Å². The molecule has 3 heteroatoms. The molecule has 0 amide bonds. The molecule has 1 heterocycles. The first kappa shape index (κ1) is 15.9. The Hall–Kier alpha value is -0.510. The van der Waals surface area contributed by atoms with Gasteiger partial charge in [-0.2, -0.15) is 11.8 Å². The summed E-state index contributed by atoms with van der Waals surface area (Å²) in [6.45, 7) is 6.69. The van der Waals surface area contributed by atoms with Gasteiger partial charge in [0.15, 0.2) is 0 Å². The zero-order chi connectivity index (χ0) is 14.4. The normalized spacial score (nSPS) is 21.9. The minimum Gasteiger partial charge on any atom is -0.312 e. The van der Waals surface area contributed by atoms with Gasteiger partial charge < -0.3 is 10.2 Å². The van der Waals surface area contributed by atoms with Crippen molar-refractivity contribution >= 4 is 11.8 Å². The smallest absolute Gasteiger partial charge is 0.0340 e. The third-order valence-electron chi connectivity index (χ3n) is 4.26. The van der Waals surface area contributed by atoms with Crippen LogP contribution in [0.1, 0.15) is 25.0 Å². The van der Waals surface area contributed by atoms with Crippen LogP contribution in [0.15, 0.2) is 24.3 Å². The fourth-order valence-electron chi connectivity index (χ4n) is 2.90. The van der Waals surface area contributed by atoms with E-state index < -0.39 is 0 Å². The molecule has 0 spiro atoms. The second-order valence-corrected chi connectivity index (χ2v) is 6.81. The van der Waals surface area contributed by atoms with Crippen LogP contribution in [0.3, 0.4) is 0 Å². The standard InChI is InChI=1S/C17H28N2S/c1-4-14-6-8-15(9-7-14)12-16(18-5-2)17-13-20-11-10-19(17)3/h6-9,16-18H,4-5,10-13H2,1-3H3. The molecule has 1 aromatic carbocycles. The molecule has 20 heavy (non-hydrogen) atoms. The highest BCUT2D eigenvalue weighted by atomic mass is 32.2. The summed E-state index contributed by atoms with van der Waals surface area (Å²) in [4.78, 5) is 2.53. The van der Waals surface area contributed by atoms with Crippen molar-refractivity contribution in [3.63, 3.8) is 0 Å². The van der Waals surface area contributed by atoms with Gasteiger partial charge in [-0.25, -0.2) is 0 Å². The van der Waals surface area contributed by atoms with Crippen molar-refractivity contribution in [2.24, 2.45) is 0 Å². The third-order valence-corrected chi connectivity index (χ3v) is 5.31. The largest absolute Gasteiger partial charge is 0.312 e. The fraction of sp³-hybridized carbons (Fsp3) is 0.647. The fourth-order valence-corrected chi connectivity index (χ4v) is 4.21. The van der Waals surface area contributed by atoms with E-state index in [2.05, 4.69) is 67.1 Å². The van der Waals surface area contributed by atoms with Crippen LogP contribution in [0.25, 0.3) is 0 Å². The van der Waals surface area contributed by atoms with E-state index in [1.54, 1.807) is 0 Å². The predicted molar refractivity (Wildman–Crippen MR) is 90.7 cm³/mol. The van der Waals surface area contributed by atoms with E-state index >= 15 is 0 Å². The Morgan fingerprint density at radius 3 is 2.55 bits per heavy atom. The van der Waals surface area contributed by atoms with Crippen molar-refractivity contribution in [3.8, 4) is 0 Å². The molecular weight excluding hydrogens is 264 g/mol. The maximum atomic E-state index is 3.70. The molecule has 1 saturated heterocycles. The Labute approximate surface area is 128 Å². The van der Waals surface area contributed by atoms with Crippen molar-refractivity contribution < 1.29 is 0 Å². The number of hydrogen-bond acceptors (Lipinski definition) is 3. The van der Waals surface area contributed by atoms with Crippen LogP contribution in [0, 0.1) is 0 Å². The molecule has 1 fully saturated rings. The van der Waals surface area contributed by atoms with Crippen LogP contribution < -0.4 is 5.32 Å². The van der Waals surface area contributed by atoms with Gasteiger partial charge in [0.05, 0.1) is 0 Å². The molecule has 112 valence electrons. The van der Waals surface area contributed by atoms with Crippen LogP contribution in [-0.4, -0.2) is 48.6 Å². The zero-order valence-corrected chi connectivity index (χ0v) is 13.9. The molecule has 1 aromatic rings. The number of nitrogens with one attached hydrogen (secondary N) is 1. The topological polar surface area (TPSA) is 15.3 Å². The average molecular weight is 292 g/mol. The summed E-state index contributed by atoms with van der Waals surface area (Å²) in [6.07, 6.45) is 2.26. The molecule has 0 radical (unpaired) electrons. The lowest BCUT2D eigenvalue weighted by Crippen LogP contribution is -2.53. The lowest BCUT2D eigenvalue weighted by atomic mass is 9.98. The highest BCUT2D eigenvalue weighted by Crippen LogP contribution is 2.20. The van der Waals surface area contributed by atoms with Gasteiger partial charge >= 0.3 is 0 Å². The zero-order valence-electron chi connectivity index (χ0n) is 13.1. The lowest BCUT2D eigenvalue weighted by molar-refractivity contribution is 0.215. The first-order valence-corrected chi connectivity index (χ1v) is 8.99. The summed E-state index contributed by atoms with van der Waals surface area (Å²) in [5.41, 5.74) is 2.89. The molecule has 1 N–H and O–H groups in total. The average Bonchev–Trinajstić information content (AvgIpc) is 2.48. The van der Waals surface area contributed by atoms with E-state index in [0.717, 1.165) is 19.4 Å². The number of hydrogen-bond donors (Lipinski definition) is 1. The van der Waals surface area contributed by atoms with Crippen molar-refractivity contribution in [3.05, 3.63) is 35.4 Å². The van der Waals surface area contributed by atoms with Crippen molar-refractivity contribution in [2.45, 2.75) is 38.8 Å². The van der Waals surface area contributed by atoms with Gasteiger partial charge in [-0.1, -0.05) is 38.1 Å². The Morgan fingerprint density at radius 2 is 1.95 bits per heavy atom. The Kier molecular flexibility index (Phi) is 6.40. The number of benzene rings is 1. The summed E-state index contributed by atoms with van der Waals surface area (Å²) in [6, 6.07) is 10.4. The second kappa shape index (κ2) is 8.06. The summed E-state index contributed by atoms with van der Waals surface area (Å²) < 4.78 is 0. The summed E-state index contributed by atoms with van der Waals surface area (Å²) in [7, 11) is 2.27. The number of likely N-dealkylation sites (N-methyl/N-ethyl adjacent to an activating group) is 2. The highest BCUT2D eigenvalue weighted by molar-refractivity contribution is 7.99. The predicted octanol–water partition coefficient (Wildman–Crippen LogP) is 2.82. The first-order valence-electron chi connectivity index (χ1n) is 7.83. The van der Waals surface area contributed by atoms with Crippen molar-refractivity contribution in [1.29, 1.82) is 0 Å². The number of rotatable bonds is 6. The lowest BCUT2D eigenvalue weighted by Gasteiger charge is -2.38. The van der Waals surface area contributed by atoms with Gasteiger partial charge in [-0.15, -0.1) is 0 Å². The minimum atomic E-state index is 0.560. The Balaban J connectivity index is 2.03. The highest BCUT2D eigenvalue weighted by Gasteiger charge is 2.27. The summed E-state index contributed by atoms with van der Waals surface area (Å²) in [5.74, 6) is 2.53. The van der Waals surface area contributed by atoms with Gasteiger partial charge in [0.25, 0.3) is 0 Å². The van der Waals surface area contributed by atoms with Gasteiger partial charge in [-0.3, -0.25) is 0 Å². The van der Waals surface area contributed by atoms with Crippen molar-refractivity contribution in [1.82, 2.24) is 10.2 Å². The molecule has 2 atom stereocenters. The van der Waals surface area contributed by atoms with Crippen molar-refractivity contribution in [2.75, 3.05) is 31.6 Å². The van der Waals surface area contributed by atoms with Gasteiger partial charge in [0.2, 0.25) is 0 Å².